The van der Waals surface area contributed by atoms with Gasteiger partial charge in [-0.15, -0.1) is 11.8 Å². The Balaban J connectivity index is 1.99. The van der Waals surface area contributed by atoms with Gasteiger partial charge in [-0.2, -0.15) is 5.26 Å². The van der Waals surface area contributed by atoms with Crippen molar-refractivity contribution in [3.05, 3.63) is 23.8 Å². The van der Waals surface area contributed by atoms with Gasteiger partial charge in [0.2, 0.25) is 5.91 Å². The van der Waals surface area contributed by atoms with Crippen molar-refractivity contribution in [1.29, 1.82) is 5.26 Å². The molecular formula is C13H12N2O2S. The van der Waals surface area contributed by atoms with Gasteiger partial charge in [-0.25, -0.2) is 0 Å². The summed E-state index contributed by atoms with van der Waals surface area (Å²) in [6.45, 7) is 2.74. The summed E-state index contributed by atoms with van der Waals surface area (Å²) in [4.78, 5) is 12.7. The number of nitrogens with one attached hydrogen (secondary N) is 1. The highest BCUT2D eigenvalue weighted by Gasteiger charge is 2.41. The van der Waals surface area contributed by atoms with Crippen LogP contribution in [0.3, 0.4) is 0 Å². The number of fused-ring (bicyclic) bond motifs is 1. The van der Waals surface area contributed by atoms with Crippen molar-refractivity contribution in [3.8, 4) is 6.07 Å². The Morgan fingerprint density at radius 3 is 2.94 bits per heavy atom. The highest BCUT2D eigenvalue weighted by molar-refractivity contribution is 8.00. The largest absolute Gasteiger partial charge is 0.377 e. The van der Waals surface area contributed by atoms with Gasteiger partial charge < -0.3 is 10.1 Å². The molecule has 5 heteroatoms. The maximum Gasteiger partial charge on any atom is 0.237 e. The summed E-state index contributed by atoms with van der Waals surface area (Å²) < 4.78 is 5.15. The minimum absolute atomic E-state index is 0.0144. The third kappa shape index (κ3) is 1.61. The number of nitrogens with zero attached hydrogens (tertiary/aromatic N) is 1. The molecule has 1 N–H and O–H groups in total. The average Bonchev–Trinajstić information content (AvgIpc) is 2.30. The van der Waals surface area contributed by atoms with Crippen LogP contribution in [0.25, 0.3) is 0 Å². The molecule has 0 aliphatic carbocycles. The van der Waals surface area contributed by atoms with Gasteiger partial charge in [0.15, 0.2) is 0 Å². The van der Waals surface area contributed by atoms with E-state index in [2.05, 4.69) is 11.4 Å². The minimum atomic E-state index is -0.534. The zero-order valence-electron chi connectivity index (χ0n) is 9.90. The van der Waals surface area contributed by atoms with Crippen molar-refractivity contribution in [2.24, 2.45) is 0 Å². The maximum absolute atomic E-state index is 11.6. The summed E-state index contributed by atoms with van der Waals surface area (Å²) in [5.74, 6) is 0.0144. The van der Waals surface area contributed by atoms with Crippen molar-refractivity contribution < 1.29 is 9.53 Å². The first-order valence-electron chi connectivity index (χ1n) is 5.76. The monoisotopic (exact) mass is 260 g/mol. The Hall–Kier alpha value is -1.51. The highest BCUT2D eigenvalue weighted by atomic mass is 32.2. The van der Waals surface area contributed by atoms with E-state index in [1.807, 2.05) is 25.1 Å². The Morgan fingerprint density at radius 2 is 2.33 bits per heavy atom. The molecule has 3 rings (SSSR count). The van der Waals surface area contributed by atoms with Crippen LogP contribution in [0.5, 0.6) is 0 Å². The number of ether oxygens (including phenoxy) is 1. The lowest BCUT2D eigenvalue weighted by Gasteiger charge is -2.36. The van der Waals surface area contributed by atoms with Crippen LogP contribution in [-0.2, 0) is 14.9 Å². The van der Waals surface area contributed by atoms with Gasteiger partial charge in [-0.3, -0.25) is 4.79 Å². The number of rotatable bonds is 1. The first kappa shape index (κ1) is 11.6. The molecule has 0 bridgehead atoms. The van der Waals surface area contributed by atoms with Crippen LogP contribution in [0.1, 0.15) is 12.5 Å². The van der Waals surface area contributed by atoms with Crippen LogP contribution in [0, 0.1) is 11.3 Å². The van der Waals surface area contributed by atoms with Crippen molar-refractivity contribution >= 4 is 23.4 Å². The number of carbonyl (C=O) groups excluding carboxylic acids is 1. The van der Waals surface area contributed by atoms with E-state index in [0.717, 1.165) is 16.1 Å². The van der Waals surface area contributed by atoms with Gasteiger partial charge in [-0.1, -0.05) is 6.07 Å². The average molecular weight is 260 g/mol. The molecule has 92 valence electrons. The number of benzene rings is 1. The summed E-state index contributed by atoms with van der Waals surface area (Å²) in [5.41, 5.74) is 1.20. The molecule has 1 amide bonds. The predicted molar refractivity (Wildman–Crippen MR) is 68.5 cm³/mol. The third-order valence-electron chi connectivity index (χ3n) is 3.37. The van der Waals surface area contributed by atoms with Crippen molar-refractivity contribution in [2.75, 3.05) is 18.5 Å². The van der Waals surface area contributed by atoms with Crippen LogP contribution < -0.4 is 5.32 Å². The lowest BCUT2D eigenvalue weighted by Crippen LogP contribution is -2.45. The van der Waals surface area contributed by atoms with E-state index >= 15 is 0 Å². The molecule has 1 unspecified atom stereocenters. The van der Waals surface area contributed by atoms with E-state index in [4.69, 9.17) is 4.74 Å². The summed E-state index contributed by atoms with van der Waals surface area (Å²) in [6, 6.07) is 8.15. The zero-order chi connectivity index (χ0) is 12.8. The second-order valence-corrected chi connectivity index (χ2v) is 6.03. The zero-order valence-corrected chi connectivity index (χ0v) is 10.7. The van der Waals surface area contributed by atoms with Crippen LogP contribution in [0.15, 0.2) is 23.1 Å². The number of hydrogen-bond acceptors (Lipinski definition) is 4. The van der Waals surface area contributed by atoms with Gasteiger partial charge in [0, 0.05) is 4.90 Å². The number of carbonyl (C=O) groups is 1. The van der Waals surface area contributed by atoms with Gasteiger partial charge in [0.25, 0.3) is 0 Å². The third-order valence-corrected chi connectivity index (χ3v) is 4.55. The van der Waals surface area contributed by atoms with Gasteiger partial charge in [0.1, 0.15) is 5.41 Å². The second-order valence-electron chi connectivity index (χ2n) is 4.65. The fourth-order valence-electron chi connectivity index (χ4n) is 2.11. The molecule has 4 nitrogen and oxygen atoms in total. The van der Waals surface area contributed by atoms with E-state index in [-0.39, 0.29) is 11.2 Å². The van der Waals surface area contributed by atoms with Gasteiger partial charge >= 0.3 is 0 Å². The molecule has 0 aromatic heterocycles. The number of nitriles is 1. The first-order chi connectivity index (χ1) is 8.64. The molecule has 0 spiro atoms. The van der Waals surface area contributed by atoms with Crippen molar-refractivity contribution in [2.45, 2.75) is 22.5 Å². The number of anilines is 1. The molecule has 2 aliphatic heterocycles. The first-order valence-corrected chi connectivity index (χ1v) is 6.64. The fraction of sp³-hybridized carbons (Fsp3) is 0.385. The molecule has 0 saturated carbocycles. The van der Waals surface area contributed by atoms with E-state index < -0.39 is 5.41 Å². The molecule has 0 radical (unpaired) electrons. The van der Waals surface area contributed by atoms with Crippen LogP contribution >= 0.6 is 11.8 Å². The number of amides is 1. The summed E-state index contributed by atoms with van der Waals surface area (Å²) in [5, 5.41) is 12.1. The SMILES string of the molecule is CC1Sc2ccc(C3(C#N)COC3)cc2NC1=O. The number of hydrogen-bond donors (Lipinski definition) is 1. The molecule has 1 saturated heterocycles. The Kier molecular flexibility index (Phi) is 2.58. The van der Waals surface area contributed by atoms with E-state index in [9.17, 15) is 10.1 Å². The molecule has 1 atom stereocenters. The predicted octanol–water partition coefficient (Wildman–Crippen LogP) is 1.91. The fourth-order valence-corrected chi connectivity index (χ4v) is 3.04. The Labute approximate surface area is 109 Å². The van der Waals surface area contributed by atoms with E-state index in [1.54, 1.807) is 11.8 Å². The van der Waals surface area contributed by atoms with Gasteiger partial charge in [0.05, 0.1) is 30.2 Å². The summed E-state index contributed by atoms with van der Waals surface area (Å²) in [7, 11) is 0. The molecule has 2 aliphatic rings. The molecular weight excluding hydrogens is 248 g/mol. The normalized spacial score (nSPS) is 24.4. The van der Waals surface area contributed by atoms with E-state index in [1.165, 1.54) is 0 Å². The molecule has 1 fully saturated rings. The summed E-state index contributed by atoms with van der Waals surface area (Å²) in [6.07, 6.45) is 0. The highest BCUT2D eigenvalue weighted by Crippen LogP contribution is 2.40. The molecule has 18 heavy (non-hydrogen) atoms. The Morgan fingerprint density at radius 1 is 1.56 bits per heavy atom. The van der Waals surface area contributed by atoms with Crippen molar-refractivity contribution in [3.63, 3.8) is 0 Å². The topological polar surface area (TPSA) is 62.1 Å². The molecule has 2 heterocycles. The second kappa shape index (κ2) is 4.01. The molecule has 1 aromatic carbocycles. The lowest BCUT2D eigenvalue weighted by molar-refractivity contribution is -0.115. The van der Waals surface area contributed by atoms with Crippen LogP contribution in [-0.4, -0.2) is 24.4 Å². The van der Waals surface area contributed by atoms with Crippen LogP contribution in [0.4, 0.5) is 5.69 Å². The van der Waals surface area contributed by atoms with Crippen LogP contribution in [0.2, 0.25) is 0 Å². The summed E-state index contributed by atoms with van der Waals surface area (Å²) >= 11 is 1.55. The van der Waals surface area contributed by atoms with Crippen molar-refractivity contribution in [1.82, 2.24) is 0 Å². The minimum Gasteiger partial charge on any atom is -0.377 e. The molecule has 1 aromatic rings. The lowest BCUT2D eigenvalue weighted by atomic mass is 9.80. The maximum atomic E-state index is 11.6. The standard InChI is InChI=1S/C13H12N2O2S/c1-8-12(16)15-10-4-9(2-3-11(10)18-8)13(5-14)6-17-7-13/h2-4,8H,6-7H2,1H3,(H,15,16). The number of thioether (sulfide) groups is 1. The van der Waals surface area contributed by atoms with Gasteiger partial charge in [-0.05, 0) is 24.6 Å². The Bertz CT molecular complexity index is 561. The smallest absolute Gasteiger partial charge is 0.237 e. The quantitative estimate of drug-likeness (QED) is 0.838. The van der Waals surface area contributed by atoms with E-state index in [0.29, 0.717) is 13.2 Å².